The third-order valence-electron chi connectivity index (χ3n) is 2.07. The number of aliphatic hydroxyl groups excluding tert-OH is 1. The molecule has 0 spiro atoms. The molecular formula is C10H14NO7P. The molecule has 0 bridgehead atoms. The fraction of sp³-hybridized carbons (Fsp3) is 0.300. The molecule has 4 N–H and O–H groups in total. The van der Waals surface area contributed by atoms with E-state index in [-0.39, 0.29) is 5.75 Å². The van der Waals surface area contributed by atoms with E-state index in [2.05, 4.69) is 9.56 Å². The Bertz CT molecular complexity index is 493. The molecule has 9 heteroatoms. The highest BCUT2D eigenvalue weighted by atomic mass is 31.2. The van der Waals surface area contributed by atoms with Gasteiger partial charge < -0.3 is 20.0 Å². The van der Waals surface area contributed by atoms with Gasteiger partial charge in [-0.3, -0.25) is 14.7 Å². The fourth-order valence-corrected chi connectivity index (χ4v) is 1.67. The quantitative estimate of drug-likeness (QED) is 0.247. The largest absolute Gasteiger partial charge is 0.480 e. The van der Waals surface area contributed by atoms with Gasteiger partial charge in [0.25, 0.3) is 0 Å². The number of carbonyl (C=O) groups is 1. The molecule has 0 aliphatic heterocycles. The van der Waals surface area contributed by atoms with Crippen molar-refractivity contribution < 1.29 is 34.0 Å². The number of nitrogens with one attached hydrogen (secondary N) is 1. The molecule has 1 rings (SSSR count). The van der Waals surface area contributed by atoms with Crippen molar-refractivity contribution in [3.05, 3.63) is 29.8 Å². The number of hydrogen-bond acceptors (Lipinski definition) is 6. The normalized spacial score (nSPS) is 15.5. The number of aliphatic carboxylic acids is 1. The Morgan fingerprint density at radius 1 is 1.47 bits per heavy atom. The molecule has 0 saturated carbocycles. The van der Waals surface area contributed by atoms with Crippen molar-refractivity contribution in [2.45, 2.75) is 12.9 Å². The van der Waals surface area contributed by atoms with Crippen LogP contribution in [0.2, 0.25) is 0 Å². The standard InChI is InChI=1S/C10H14NO7P/c1-7-4-2-3-5-8(7)17-18-19(15,16)10(14)11-6-9(12)13/h2-5,10-11,14H,6H2,1H3,(H,12,13)(H,15,16). The second-order valence-electron chi connectivity index (χ2n) is 3.64. The highest BCUT2D eigenvalue weighted by Crippen LogP contribution is 2.45. The molecule has 106 valence electrons. The molecule has 0 aliphatic rings. The maximum Gasteiger partial charge on any atom is 0.408 e. The molecular weight excluding hydrogens is 277 g/mol. The van der Waals surface area contributed by atoms with E-state index in [1.807, 2.05) is 5.32 Å². The van der Waals surface area contributed by atoms with Crippen LogP contribution in [0.4, 0.5) is 0 Å². The van der Waals surface area contributed by atoms with Gasteiger partial charge in [0, 0.05) is 0 Å². The van der Waals surface area contributed by atoms with E-state index in [0.717, 1.165) is 0 Å². The molecule has 0 aromatic heterocycles. The highest BCUT2D eigenvalue weighted by molar-refractivity contribution is 7.53. The van der Waals surface area contributed by atoms with E-state index in [0.29, 0.717) is 5.56 Å². The minimum absolute atomic E-state index is 0.210. The minimum atomic E-state index is -4.57. The Balaban J connectivity index is 2.57. The number of aliphatic hydroxyl groups is 1. The molecule has 0 heterocycles. The third-order valence-corrected chi connectivity index (χ3v) is 3.16. The third kappa shape index (κ3) is 4.98. The van der Waals surface area contributed by atoms with E-state index in [1.165, 1.54) is 6.07 Å². The molecule has 0 saturated heterocycles. The average molecular weight is 291 g/mol. The number of benzene rings is 1. The number of rotatable bonds is 7. The smallest absolute Gasteiger partial charge is 0.408 e. The average Bonchev–Trinajstić information content (AvgIpc) is 2.34. The molecule has 0 amide bonds. The van der Waals surface area contributed by atoms with E-state index in [1.54, 1.807) is 25.1 Å². The van der Waals surface area contributed by atoms with Gasteiger partial charge in [-0.1, -0.05) is 22.9 Å². The highest BCUT2D eigenvalue weighted by Gasteiger charge is 2.33. The lowest BCUT2D eigenvalue weighted by molar-refractivity contribution is -0.136. The van der Waals surface area contributed by atoms with Gasteiger partial charge in [-0.15, -0.1) is 0 Å². The van der Waals surface area contributed by atoms with Crippen molar-refractivity contribution in [2.24, 2.45) is 0 Å². The SMILES string of the molecule is Cc1ccccc1OOP(=O)(O)C(O)NCC(=O)O. The lowest BCUT2D eigenvalue weighted by atomic mass is 10.2. The summed E-state index contributed by atoms with van der Waals surface area (Å²) < 4.78 is 15.8. The Morgan fingerprint density at radius 2 is 2.11 bits per heavy atom. The Hall–Kier alpha value is -1.44. The van der Waals surface area contributed by atoms with E-state index >= 15 is 0 Å². The van der Waals surface area contributed by atoms with Crippen molar-refractivity contribution in [1.29, 1.82) is 0 Å². The van der Waals surface area contributed by atoms with E-state index in [4.69, 9.17) is 5.11 Å². The predicted octanol–water partition coefficient (Wildman–Crippen LogP) is 0.441. The molecule has 0 aliphatic carbocycles. The van der Waals surface area contributed by atoms with E-state index in [9.17, 15) is 19.4 Å². The van der Waals surface area contributed by atoms with Gasteiger partial charge in [-0.05, 0) is 18.6 Å². The van der Waals surface area contributed by atoms with Gasteiger partial charge in [-0.25, -0.2) is 0 Å². The summed E-state index contributed by atoms with van der Waals surface area (Å²) in [5.41, 5.74) is 0.662. The molecule has 0 fully saturated rings. The number of para-hydroxylation sites is 1. The minimum Gasteiger partial charge on any atom is -0.480 e. The number of aryl methyl sites for hydroxylation is 1. The maximum absolute atomic E-state index is 11.5. The van der Waals surface area contributed by atoms with Crippen LogP contribution in [0.1, 0.15) is 5.56 Å². The molecule has 19 heavy (non-hydrogen) atoms. The van der Waals surface area contributed by atoms with Crippen LogP contribution < -0.4 is 10.2 Å². The molecule has 0 radical (unpaired) electrons. The zero-order valence-corrected chi connectivity index (χ0v) is 10.9. The summed E-state index contributed by atoms with van der Waals surface area (Å²) >= 11 is 0. The molecule has 2 unspecified atom stereocenters. The second-order valence-corrected chi connectivity index (χ2v) is 5.40. The van der Waals surface area contributed by atoms with Gasteiger partial charge in [-0.2, -0.15) is 0 Å². The summed E-state index contributed by atoms with van der Waals surface area (Å²) in [6.07, 6.45) is 0. The monoisotopic (exact) mass is 291 g/mol. The van der Waals surface area contributed by atoms with Crippen LogP contribution in [-0.4, -0.2) is 33.6 Å². The second kappa shape index (κ2) is 6.65. The lowest BCUT2D eigenvalue weighted by Gasteiger charge is -2.17. The van der Waals surface area contributed by atoms with E-state index < -0.39 is 26.1 Å². The van der Waals surface area contributed by atoms with Gasteiger partial charge in [0.1, 0.15) is 0 Å². The van der Waals surface area contributed by atoms with Crippen LogP contribution >= 0.6 is 7.60 Å². The van der Waals surface area contributed by atoms with Crippen molar-refractivity contribution in [2.75, 3.05) is 6.54 Å². The maximum atomic E-state index is 11.5. The number of carboxylic acid groups (broad SMARTS) is 1. The molecule has 2 atom stereocenters. The first-order chi connectivity index (χ1) is 8.83. The van der Waals surface area contributed by atoms with Crippen molar-refractivity contribution >= 4 is 13.6 Å². The summed E-state index contributed by atoms with van der Waals surface area (Å²) in [5, 5.41) is 19.5. The Morgan fingerprint density at radius 3 is 2.68 bits per heavy atom. The van der Waals surface area contributed by atoms with Gasteiger partial charge >= 0.3 is 13.6 Å². The first-order valence-electron chi connectivity index (χ1n) is 5.20. The van der Waals surface area contributed by atoms with Crippen molar-refractivity contribution in [3.8, 4) is 5.75 Å². The Labute approximate surface area is 109 Å². The van der Waals surface area contributed by atoms with Crippen LogP contribution in [0.3, 0.4) is 0 Å². The number of carboxylic acids is 1. The van der Waals surface area contributed by atoms with Gasteiger partial charge in [0.15, 0.2) is 5.75 Å². The van der Waals surface area contributed by atoms with Crippen LogP contribution in [0.5, 0.6) is 5.75 Å². The predicted molar refractivity (Wildman–Crippen MR) is 64.4 cm³/mol. The summed E-state index contributed by atoms with van der Waals surface area (Å²) in [5.74, 6) is -3.14. The summed E-state index contributed by atoms with van der Waals surface area (Å²) in [6.45, 7) is 1.000. The topological polar surface area (TPSA) is 125 Å². The summed E-state index contributed by atoms with van der Waals surface area (Å²) in [4.78, 5) is 24.3. The first kappa shape index (κ1) is 15.6. The van der Waals surface area contributed by atoms with Crippen molar-refractivity contribution in [1.82, 2.24) is 5.32 Å². The Kier molecular flexibility index (Phi) is 5.46. The van der Waals surface area contributed by atoms with Crippen LogP contribution in [0.15, 0.2) is 24.3 Å². The number of hydrogen-bond donors (Lipinski definition) is 4. The molecule has 1 aromatic rings. The van der Waals surface area contributed by atoms with Crippen LogP contribution in [0.25, 0.3) is 0 Å². The van der Waals surface area contributed by atoms with Gasteiger partial charge in [0.2, 0.25) is 5.97 Å². The van der Waals surface area contributed by atoms with Crippen LogP contribution in [-0.2, 0) is 14.0 Å². The molecule has 8 nitrogen and oxygen atoms in total. The fourth-order valence-electron chi connectivity index (χ4n) is 1.08. The molecule has 1 aromatic carbocycles. The zero-order valence-electron chi connectivity index (χ0n) is 10.0. The zero-order chi connectivity index (χ0) is 14.5. The summed E-state index contributed by atoms with van der Waals surface area (Å²) in [7, 11) is -4.57. The van der Waals surface area contributed by atoms with Crippen molar-refractivity contribution in [3.63, 3.8) is 0 Å². The summed E-state index contributed by atoms with van der Waals surface area (Å²) in [6, 6.07) is 6.57. The van der Waals surface area contributed by atoms with Crippen LogP contribution in [0, 0.1) is 6.92 Å². The lowest BCUT2D eigenvalue weighted by Crippen LogP contribution is -2.34. The van der Waals surface area contributed by atoms with Gasteiger partial charge in [0.05, 0.1) is 6.54 Å². The first-order valence-corrected chi connectivity index (χ1v) is 6.85.